The highest BCUT2D eigenvalue weighted by molar-refractivity contribution is 7.46. The number of carbonyl (C=O) groups excluding carboxylic acids is 2. The highest BCUT2D eigenvalue weighted by atomic mass is 31.2. The van der Waals surface area contributed by atoms with Crippen LogP contribution in [0.5, 0.6) is 5.75 Å². The number of aliphatic carboxylic acids is 2. The Morgan fingerprint density at radius 1 is 1.18 bits per heavy atom. The van der Waals surface area contributed by atoms with Crippen molar-refractivity contribution in [1.29, 1.82) is 0 Å². The first-order valence-corrected chi connectivity index (χ1v) is 15.1. The molecule has 0 aliphatic carbocycles. The van der Waals surface area contributed by atoms with Gasteiger partial charge in [-0.1, -0.05) is 18.2 Å². The number of phosphoric acid groups is 1. The standard InChI is InChI=1S/C26H29FN3O6P.C4H4O4/c1-18-15-28(16-29(18)17-36-37(32,33)34)24-11-6-20(14-25(24)35-3)13-22-5-4-12-30(26(22)31)19(2)21-7-9-23(27)10-8-21;5-3(6)1-2-4(7)8/h6-11,13-16,19H,4-5,12,17H2,1-3H3,(H-,32,33,34);1-2H,(H,5,6)(H,7,8)/b22-13+;2-1+/t19-;/m0./s1. The van der Waals surface area contributed by atoms with Crippen LogP contribution in [0, 0.1) is 12.7 Å². The molecule has 1 atom stereocenters. The van der Waals surface area contributed by atoms with Gasteiger partial charge in [0.25, 0.3) is 6.33 Å². The fraction of sp³-hybridized carbons (Fsp3) is 0.267. The molecule has 1 aromatic heterocycles. The molecule has 13 nitrogen and oxygen atoms in total. The number of benzene rings is 2. The maximum absolute atomic E-state index is 13.3. The van der Waals surface area contributed by atoms with Gasteiger partial charge in [-0.2, -0.15) is 4.57 Å². The second-order valence-electron chi connectivity index (χ2n) is 9.93. The molecule has 3 N–H and O–H groups in total. The van der Waals surface area contributed by atoms with Crippen molar-refractivity contribution in [2.75, 3.05) is 13.7 Å². The number of aromatic nitrogens is 2. The van der Waals surface area contributed by atoms with E-state index in [-0.39, 0.29) is 24.5 Å². The monoisotopic (exact) mass is 645 g/mol. The third-order valence-corrected chi connectivity index (χ3v) is 7.25. The van der Waals surface area contributed by atoms with Crippen molar-refractivity contribution in [3.05, 3.63) is 95.4 Å². The zero-order valence-electron chi connectivity index (χ0n) is 24.7. The van der Waals surface area contributed by atoms with Crippen LogP contribution in [0.3, 0.4) is 0 Å². The van der Waals surface area contributed by atoms with Crippen molar-refractivity contribution in [2.45, 2.75) is 39.5 Å². The SMILES string of the molecule is COc1cc(/C=C2\CCCN([C@@H](C)c3ccc(F)cc3)C2=O)ccc1-[n+]1cc(C)n(COP(=O)(O)O)c1.O=C([O-])/C=C/C(=O)O. The van der Waals surface area contributed by atoms with Crippen molar-refractivity contribution < 1.29 is 57.2 Å². The number of amides is 1. The molecule has 15 heteroatoms. The molecule has 0 unspecified atom stereocenters. The minimum absolute atomic E-state index is 0.0433. The van der Waals surface area contributed by atoms with Gasteiger partial charge in [0.1, 0.15) is 17.7 Å². The zero-order chi connectivity index (χ0) is 33.3. The van der Waals surface area contributed by atoms with Crippen molar-refractivity contribution in [2.24, 2.45) is 0 Å². The summed E-state index contributed by atoms with van der Waals surface area (Å²) in [4.78, 5) is 52.0. The molecule has 1 amide bonds. The van der Waals surface area contributed by atoms with Gasteiger partial charge in [0.2, 0.25) is 12.6 Å². The molecular weight excluding hydrogens is 612 g/mol. The fourth-order valence-corrected chi connectivity index (χ4v) is 4.82. The highest BCUT2D eigenvalue weighted by Gasteiger charge is 2.28. The van der Waals surface area contributed by atoms with Crippen molar-refractivity contribution >= 4 is 31.7 Å². The van der Waals surface area contributed by atoms with Gasteiger partial charge in [-0.3, -0.25) is 4.79 Å². The number of carboxylic acid groups (broad SMARTS) is 2. The zero-order valence-corrected chi connectivity index (χ0v) is 25.6. The van der Waals surface area contributed by atoms with Crippen LogP contribution in [0.2, 0.25) is 0 Å². The summed E-state index contributed by atoms with van der Waals surface area (Å²) in [6, 6.07) is 11.6. The van der Waals surface area contributed by atoms with Gasteiger partial charge in [0, 0.05) is 25.1 Å². The summed E-state index contributed by atoms with van der Waals surface area (Å²) >= 11 is 0. The highest BCUT2D eigenvalue weighted by Crippen LogP contribution is 2.36. The maximum Gasteiger partial charge on any atom is 0.472 e. The predicted octanol–water partition coefficient (Wildman–Crippen LogP) is 2.43. The number of carboxylic acids is 2. The van der Waals surface area contributed by atoms with E-state index in [2.05, 4.69) is 4.52 Å². The Kier molecular flexibility index (Phi) is 11.9. The Balaban J connectivity index is 0.000000610. The number of halogens is 1. The first kappa shape index (κ1) is 34.9. The summed E-state index contributed by atoms with van der Waals surface area (Å²) in [7, 11) is -3.05. The summed E-state index contributed by atoms with van der Waals surface area (Å²) in [5.41, 5.74) is 3.82. The number of phosphoric ester groups is 1. The molecule has 0 spiro atoms. The molecule has 3 aromatic rings. The summed E-state index contributed by atoms with van der Waals surface area (Å²) < 4.78 is 37.9. The lowest BCUT2D eigenvalue weighted by atomic mass is 9.97. The minimum atomic E-state index is -4.60. The molecular formula is C30H33FN3O10P. The van der Waals surface area contributed by atoms with Crippen LogP contribution in [0.4, 0.5) is 4.39 Å². The largest absolute Gasteiger partial charge is 0.545 e. The van der Waals surface area contributed by atoms with Gasteiger partial charge < -0.3 is 34.4 Å². The van der Waals surface area contributed by atoms with Crippen molar-refractivity contribution in [3.63, 3.8) is 0 Å². The second-order valence-corrected chi connectivity index (χ2v) is 11.2. The van der Waals surface area contributed by atoms with E-state index in [0.29, 0.717) is 42.1 Å². The lowest BCUT2D eigenvalue weighted by Gasteiger charge is -2.34. The maximum atomic E-state index is 13.3. The molecule has 1 saturated heterocycles. The van der Waals surface area contributed by atoms with Gasteiger partial charge in [-0.25, -0.2) is 22.8 Å². The number of rotatable bonds is 10. The van der Waals surface area contributed by atoms with Crippen LogP contribution in [0.25, 0.3) is 11.8 Å². The Hall–Kier alpha value is -4.62. The van der Waals surface area contributed by atoms with Crippen molar-refractivity contribution in [3.8, 4) is 11.4 Å². The van der Waals surface area contributed by atoms with Gasteiger partial charge in [-0.15, -0.1) is 0 Å². The van der Waals surface area contributed by atoms with E-state index in [1.165, 1.54) is 12.1 Å². The number of hydrogen-bond acceptors (Lipinski definition) is 7. The van der Waals surface area contributed by atoms with Crippen molar-refractivity contribution in [1.82, 2.24) is 9.47 Å². The Labute approximate surface area is 258 Å². The Morgan fingerprint density at radius 3 is 2.44 bits per heavy atom. The first-order chi connectivity index (χ1) is 21.2. The molecule has 0 saturated carbocycles. The van der Waals surface area contributed by atoms with E-state index < -0.39 is 19.8 Å². The summed E-state index contributed by atoms with van der Waals surface area (Å²) in [5.74, 6) is -2.59. The molecule has 0 radical (unpaired) electrons. The third kappa shape index (κ3) is 10.2. The van der Waals surface area contributed by atoms with Gasteiger partial charge in [0.05, 0.1) is 19.1 Å². The van der Waals surface area contributed by atoms with E-state index in [4.69, 9.17) is 19.6 Å². The topological polar surface area (TPSA) is 183 Å². The first-order valence-electron chi connectivity index (χ1n) is 13.5. The van der Waals surface area contributed by atoms with E-state index in [1.807, 2.05) is 36.1 Å². The van der Waals surface area contributed by atoms with Gasteiger partial charge >= 0.3 is 13.8 Å². The lowest BCUT2D eigenvalue weighted by Crippen LogP contribution is -2.38. The Morgan fingerprint density at radius 2 is 1.87 bits per heavy atom. The van der Waals surface area contributed by atoms with E-state index in [1.54, 1.807) is 47.8 Å². The Bertz CT molecular complexity index is 1630. The molecule has 2 aromatic carbocycles. The van der Waals surface area contributed by atoms with Crippen LogP contribution in [-0.2, 0) is 30.2 Å². The number of piperidine rings is 1. The molecule has 0 bridgehead atoms. The molecule has 1 aliphatic rings. The molecule has 2 heterocycles. The molecule has 1 fully saturated rings. The molecule has 1 aliphatic heterocycles. The molecule has 45 heavy (non-hydrogen) atoms. The van der Waals surface area contributed by atoms with Gasteiger partial charge in [0.15, 0.2) is 11.4 Å². The second kappa shape index (κ2) is 15.4. The minimum Gasteiger partial charge on any atom is -0.545 e. The fourth-order valence-electron chi connectivity index (χ4n) is 4.55. The summed E-state index contributed by atoms with van der Waals surface area (Å²) in [6.45, 7) is 4.07. The quantitative estimate of drug-likeness (QED) is 0.168. The number of carbonyl (C=O) groups is 3. The normalized spacial score (nSPS) is 15.1. The number of imidazole rings is 1. The lowest BCUT2D eigenvalue weighted by molar-refractivity contribution is -0.596. The van der Waals surface area contributed by atoms with Crippen LogP contribution in [-0.4, -0.2) is 55.9 Å². The number of ether oxygens (including phenoxy) is 1. The number of hydrogen-bond donors (Lipinski definition) is 3. The molecule has 240 valence electrons. The van der Waals surface area contributed by atoms with Crippen LogP contribution in [0.15, 0.2) is 72.7 Å². The van der Waals surface area contributed by atoms with Crippen LogP contribution < -0.4 is 14.4 Å². The van der Waals surface area contributed by atoms with Gasteiger partial charge in [-0.05, 0) is 67.3 Å². The summed E-state index contributed by atoms with van der Waals surface area (Å²) in [6.07, 6.45) is 7.74. The average molecular weight is 646 g/mol. The number of aryl methyl sites for hydroxylation is 1. The summed E-state index contributed by atoms with van der Waals surface area (Å²) in [5, 5.41) is 17.2. The smallest absolute Gasteiger partial charge is 0.472 e. The van der Waals surface area contributed by atoms with Crippen LogP contribution >= 0.6 is 7.82 Å². The van der Waals surface area contributed by atoms with E-state index in [9.17, 15) is 28.4 Å². The van der Waals surface area contributed by atoms with E-state index >= 15 is 0 Å². The van der Waals surface area contributed by atoms with Crippen LogP contribution in [0.1, 0.15) is 42.6 Å². The van der Waals surface area contributed by atoms with E-state index in [0.717, 1.165) is 23.2 Å². The average Bonchev–Trinajstić information content (AvgIpc) is 3.36. The number of methoxy groups -OCH3 is 1. The number of nitrogens with zero attached hydrogens (tertiary/aromatic N) is 3. The third-order valence-electron chi connectivity index (χ3n) is 6.79. The number of likely N-dealkylation sites (tertiary alicyclic amines) is 1. The predicted molar refractivity (Wildman–Crippen MR) is 156 cm³/mol. The molecule has 4 rings (SSSR count).